The summed E-state index contributed by atoms with van der Waals surface area (Å²) in [5.74, 6) is 1.11. The molecule has 4 N–H and O–H groups in total. The standard InChI is InChI=1S/C14H18N6O.C2H4/c1-9-17-13(15)20(19-9)14(21)18-12-4-2-10(3-5-12)11-6-7-16-8-11;1-2/h2-5,11,16H,6-8H2,1H3,(H,18,21)(H2,15,17,19);1-2H2. The monoisotopic (exact) mass is 314 g/mol. The molecule has 1 aliphatic heterocycles. The minimum Gasteiger partial charge on any atom is -0.368 e. The fourth-order valence-electron chi connectivity index (χ4n) is 2.54. The number of carbonyl (C=O) groups is 1. The molecule has 0 radical (unpaired) electrons. The first-order chi connectivity index (χ1) is 11.1. The Morgan fingerprint density at radius 2 is 2.09 bits per heavy atom. The topological polar surface area (TPSA) is 97.9 Å². The van der Waals surface area contributed by atoms with E-state index in [-0.39, 0.29) is 5.95 Å². The van der Waals surface area contributed by atoms with E-state index in [1.54, 1.807) is 6.92 Å². The molecule has 0 bridgehead atoms. The Morgan fingerprint density at radius 3 is 2.61 bits per heavy atom. The van der Waals surface area contributed by atoms with E-state index in [0.717, 1.165) is 24.2 Å². The van der Waals surface area contributed by atoms with Crippen LogP contribution in [-0.4, -0.2) is 33.9 Å². The predicted octanol–water partition coefficient (Wildman–Crippen LogP) is 2.13. The van der Waals surface area contributed by atoms with Gasteiger partial charge in [-0.05, 0) is 43.5 Å². The van der Waals surface area contributed by atoms with Crippen LogP contribution in [0.2, 0.25) is 0 Å². The number of benzene rings is 1. The van der Waals surface area contributed by atoms with Crippen molar-refractivity contribution in [3.63, 3.8) is 0 Å². The third-order valence-electron chi connectivity index (χ3n) is 3.62. The maximum atomic E-state index is 12.0. The molecule has 7 heteroatoms. The van der Waals surface area contributed by atoms with Gasteiger partial charge in [0.15, 0.2) is 0 Å². The number of carbonyl (C=O) groups excluding carboxylic acids is 1. The second-order valence-corrected chi connectivity index (χ2v) is 5.17. The zero-order chi connectivity index (χ0) is 16.8. The van der Waals surface area contributed by atoms with E-state index in [9.17, 15) is 4.79 Å². The summed E-state index contributed by atoms with van der Waals surface area (Å²) in [7, 11) is 0. The van der Waals surface area contributed by atoms with Gasteiger partial charge in [-0.3, -0.25) is 0 Å². The molecule has 1 aliphatic rings. The molecule has 1 atom stereocenters. The number of hydrogen-bond donors (Lipinski definition) is 3. The van der Waals surface area contributed by atoms with Crippen LogP contribution in [0.4, 0.5) is 16.4 Å². The van der Waals surface area contributed by atoms with E-state index in [4.69, 9.17) is 5.73 Å². The van der Waals surface area contributed by atoms with Gasteiger partial charge in [0.2, 0.25) is 5.95 Å². The third kappa shape index (κ3) is 3.95. The van der Waals surface area contributed by atoms with Gasteiger partial charge in [-0.1, -0.05) is 12.1 Å². The highest BCUT2D eigenvalue weighted by Gasteiger charge is 2.17. The number of rotatable bonds is 2. The smallest absolute Gasteiger partial charge is 0.349 e. The first kappa shape index (κ1) is 16.7. The lowest BCUT2D eigenvalue weighted by Crippen LogP contribution is -2.22. The Bertz CT molecular complexity index is 658. The molecule has 23 heavy (non-hydrogen) atoms. The van der Waals surface area contributed by atoms with Crippen molar-refractivity contribution in [3.8, 4) is 0 Å². The van der Waals surface area contributed by atoms with Crippen LogP contribution >= 0.6 is 0 Å². The number of aromatic nitrogens is 3. The molecule has 7 nitrogen and oxygen atoms in total. The maximum Gasteiger partial charge on any atom is 0.349 e. The average Bonchev–Trinajstić information content (AvgIpc) is 3.20. The molecular formula is C16H22N6O. The molecule has 2 heterocycles. The number of nitrogens with one attached hydrogen (secondary N) is 2. The summed E-state index contributed by atoms with van der Waals surface area (Å²) in [5.41, 5.74) is 7.62. The van der Waals surface area contributed by atoms with E-state index in [2.05, 4.69) is 33.9 Å². The molecule has 122 valence electrons. The van der Waals surface area contributed by atoms with Crippen molar-refractivity contribution in [3.05, 3.63) is 48.8 Å². The molecule has 2 aromatic rings. The van der Waals surface area contributed by atoms with Gasteiger partial charge in [-0.25, -0.2) is 4.79 Å². The molecule has 1 saturated heterocycles. The lowest BCUT2D eigenvalue weighted by Gasteiger charge is -2.10. The number of nitrogen functional groups attached to an aromatic ring is 1. The summed E-state index contributed by atoms with van der Waals surface area (Å²) in [5, 5.41) is 10.0. The largest absolute Gasteiger partial charge is 0.368 e. The maximum absolute atomic E-state index is 12.0. The van der Waals surface area contributed by atoms with Crippen LogP contribution in [0.15, 0.2) is 37.4 Å². The highest BCUT2D eigenvalue weighted by Crippen LogP contribution is 2.23. The van der Waals surface area contributed by atoms with Crippen molar-refractivity contribution in [2.24, 2.45) is 0 Å². The van der Waals surface area contributed by atoms with Crippen molar-refractivity contribution >= 4 is 17.7 Å². The molecule has 0 spiro atoms. The van der Waals surface area contributed by atoms with E-state index in [1.807, 2.05) is 24.3 Å². The number of hydrogen-bond acceptors (Lipinski definition) is 5. The summed E-state index contributed by atoms with van der Waals surface area (Å²) in [6.45, 7) is 9.76. The van der Waals surface area contributed by atoms with Gasteiger partial charge >= 0.3 is 6.03 Å². The predicted molar refractivity (Wildman–Crippen MR) is 91.5 cm³/mol. The number of nitrogens with zero attached hydrogens (tertiary/aromatic N) is 3. The molecule has 1 aromatic heterocycles. The normalized spacial score (nSPS) is 16.5. The zero-order valence-electron chi connectivity index (χ0n) is 13.2. The van der Waals surface area contributed by atoms with E-state index in [1.165, 1.54) is 5.56 Å². The molecule has 3 rings (SSSR count). The van der Waals surface area contributed by atoms with Gasteiger partial charge in [0.05, 0.1) is 0 Å². The molecule has 1 amide bonds. The zero-order valence-corrected chi connectivity index (χ0v) is 13.2. The van der Waals surface area contributed by atoms with Gasteiger partial charge in [0.25, 0.3) is 0 Å². The van der Waals surface area contributed by atoms with Crippen molar-refractivity contribution < 1.29 is 4.79 Å². The Balaban J connectivity index is 0.000000924. The molecular weight excluding hydrogens is 292 g/mol. The number of anilines is 2. The van der Waals surface area contributed by atoms with Gasteiger partial charge in [0.1, 0.15) is 5.82 Å². The van der Waals surface area contributed by atoms with Crippen molar-refractivity contribution in [2.45, 2.75) is 19.3 Å². The van der Waals surface area contributed by atoms with E-state index in [0.29, 0.717) is 17.4 Å². The Labute approximate surface area is 135 Å². The Kier molecular flexibility index (Phi) is 5.48. The second kappa shape index (κ2) is 7.55. The number of amides is 1. The lowest BCUT2D eigenvalue weighted by molar-refractivity contribution is 0.251. The van der Waals surface area contributed by atoms with E-state index < -0.39 is 6.03 Å². The highest BCUT2D eigenvalue weighted by molar-refractivity contribution is 5.91. The van der Waals surface area contributed by atoms with Crippen LogP contribution in [0.5, 0.6) is 0 Å². The first-order valence-electron chi connectivity index (χ1n) is 7.44. The average molecular weight is 314 g/mol. The quantitative estimate of drug-likeness (QED) is 0.738. The van der Waals surface area contributed by atoms with Crippen molar-refractivity contribution in [1.82, 2.24) is 20.1 Å². The van der Waals surface area contributed by atoms with Gasteiger partial charge in [-0.2, -0.15) is 4.98 Å². The first-order valence-corrected chi connectivity index (χ1v) is 7.44. The van der Waals surface area contributed by atoms with Gasteiger partial charge in [0, 0.05) is 12.2 Å². The fourth-order valence-corrected chi connectivity index (χ4v) is 2.54. The van der Waals surface area contributed by atoms with Crippen LogP contribution in [-0.2, 0) is 0 Å². The molecule has 0 saturated carbocycles. The Hall–Kier alpha value is -2.67. The SMILES string of the molecule is C=C.Cc1nc(N)n(C(=O)Nc2ccc(C3CCNC3)cc2)n1. The molecule has 1 aromatic carbocycles. The van der Waals surface area contributed by atoms with Gasteiger partial charge < -0.3 is 16.4 Å². The van der Waals surface area contributed by atoms with Crippen LogP contribution in [0, 0.1) is 6.92 Å². The number of aryl methyl sites for hydroxylation is 1. The molecule has 1 unspecified atom stereocenters. The van der Waals surface area contributed by atoms with Crippen LogP contribution in [0.25, 0.3) is 0 Å². The van der Waals surface area contributed by atoms with Crippen LogP contribution < -0.4 is 16.4 Å². The van der Waals surface area contributed by atoms with Crippen LogP contribution in [0.1, 0.15) is 23.7 Å². The lowest BCUT2D eigenvalue weighted by atomic mass is 9.98. The van der Waals surface area contributed by atoms with Crippen molar-refractivity contribution in [2.75, 3.05) is 24.1 Å². The third-order valence-corrected chi connectivity index (χ3v) is 3.62. The minimum absolute atomic E-state index is 0.0821. The summed E-state index contributed by atoms with van der Waals surface area (Å²) < 4.78 is 1.06. The van der Waals surface area contributed by atoms with E-state index >= 15 is 0 Å². The van der Waals surface area contributed by atoms with Crippen LogP contribution in [0.3, 0.4) is 0 Å². The summed E-state index contributed by atoms with van der Waals surface area (Å²) in [4.78, 5) is 16.0. The highest BCUT2D eigenvalue weighted by atomic mass is 16.2. The summed E-state index contributed by atoms with van der Waals surface area (Å²) >= 11 is 0. The second-order valence-electron chi connectivity index (χ2n) is 5.17. The fraction of sp³-hybridized carbons (Fsp3) is 0.312. The minimum atomic E-state index is -0.414. The summed E-state index contributed by atoms with van der Waals surface area (Å²) in [6.07, 6.45) is 1.15. The molecule has 1 fully saturated rings. The van der Waals surface area contributed by atoms with Gasteiger partial charge in [-0.15, -0.1) is 22.9 Å². The number of nitrogens with two attached hydrogens (primary N) is 1. The summed E-state index contributed by atoms with van der Waals surface area (Å²) in [6, 6.07) is 7.46. The Morgan fingerprint density at radius 1 is 1.39 bits per heavy atom. The van der Waals surface area contributed by atoms with Crippen molar-refractivity contribution in [1.29, 1.82) is 0 Å². The molecule has 0 aliphatic carbocycles.